The number of aliphatic imine (C=N–C) groups is 1. The van der Waals surface area contributed by atoms with Crippen molar-refractivity contribution in [1.29, 1.82) is 0 Å². The van der Waals surface area contributed by atoms with Crippen molar-refractivity contribution in [3.05, 3.63) is 180 Å². The van der Waals surface area contributed by atoms with E-state index < -0.39 is 0 Å². The van der Waals surface area contributed by atoms with Crippen molar-refractivity contribution >= 4 is 5.71 Å². The smallest absolute Gasteiger partial charge is 0.0467 e. The van der Waals surface area contributed by atoms with Crippen LogP contribution in [0.4, 0.5) is 0 Å². The summed E-state index contributed by atoms with van der Waals surface area (Å²) in [7, 11) is 1.93. The maximum Gasteiger partial charge on any atom is 0.0467 e. The van der Waals surface area contributed by atoms with E-state index >= 15 is 0 Å². The van der Waals surface area contributed by atoms with Crippen LogP contribution in [-0.4, -0.2) is 12.8 Å². The minimum Gasteiger partial charge on any atom is -0.292 e. The van der Waals surface area contributed by atoms with Crippen LogP contribution in [-0.2, 0) is 11.8 Å². The van der Waals surface area contributed by atoms with Gasteiger partial charge in [0.05, 0.1) is 0 Å². The first-order chi connectivity index (χ1) is 24.3. The van der Waals surface area contributed by atoms with Gasteiger partial charge in [0.1, 0.15) is 0 Å². The number of rotatable bonds is 5. The Hall–Kier alpha value is -5.79. The summed E-state index contributed by atoms with van der Waals surface area (Å²) in [5.74, 6) is 0. The van der Waals surface area contributed by atoms with Gasteiger partial charge in [-0.3, -0.25) is 4.99 Å². The van der Waals surface area contributed by atoms with Crippen LogP contribution in [0.1, 0.15) is 37.5 Å². The summed E-state index contributed by atoms with van der Waals surface area (Å²) in [5, 5.41) is 0. The summed E-state index contributed by atoms with van der Waals surface area (Å²) < 4.78 is 0. The van der Waals surface area contributed by atoms with Crippen LogP contribution < -0.4 is 0 Å². The maximum atomic E-state index is 4.76. The fourth-order valence-corrected chi connectivity index (χ4v) is 7.29. The predicted octanol–water partition coefficient (Wildman–Crippen LogP) is 13.0. The highest BCUT2D eigenvalue weighted by Crippen LogP contribution is 2.40. The summed E-state index contributed by atoms with van der Waals surface area (Å²) in [6.07, 6.45) is 0.842. The van der Waals surface area contributed by atoms with Crippen LogP contribution in [0.3, 0.4) is 0 Å². The van der Waals surface area contributed by atoms with Crippen LogP contribution in [0, 0.1) is 0 Å². The van der Waals surface area contributed by atoms with E-state index in [0.29, 0.717) is 0 Å². The Balaban J connectivity index is 1.15. The number of hydrogen-bond acceptors (Lipinski definition) is 1. The Morgan fingerprint density at radius 2 is 0.820 bits per heavy atom. The number of nitrogens with zero attached hydrogens (tertiary/aromatic N) is 1. The van der Waals surface area contributed by atoms with E-state index in [1.807, 2.05) is 7.05 Å². The van der Waals surface area contributed by atoms with E-state index in [1.165, 1.54) is 83.5 Å². The van der Waals surface area contributed by atoms with Crippen LogP contribution in [0.15, 0.2) is 169 Å². The molecule has 1 heteroatoms. The van der Waals surface area contributed by atoms with E-state index in [1.54, 1.807) is 0 Å². The molecule has 7 aromatic carbocycles. The lowest BCUT2D eigenvalue weighted by Gasteiger charge is -2.26. The minimum absolute atomic E-state index is 0.0971. The molecule has 242 valence electrons. The molecule has 1 aliphatic carbocycles. The third kappa shape index (κ3) is 6.12. The molecule has 7 aromatic rings. The molecule has 0 atom stereocenters. The highest BCUT2D eigenvalue weighted by molar-refractivity contribution is 6.11. The monoisotopic (exact) mass is 643 g/mol. The number of fused-ring (bicyclic) bond motifs is 3. The van der Waals surface area contributed by atoms with E-state index in [4.69, 9.17) is 4.99 Å². The van der Waals surface area contributed by atoms with Crippen molar-refractivity contribution in [2.45, 2.75) is 32.6 Å². The molecule has 0 unspecified atom stereocenters. The Labute approximate surface area is 296 Å². The fraction of sp³-hybridized carbons (Fsp3) is 0.122. The lowest BCUT2D eigenvalue weighted by atomic mass is 9.78. The molecule has 0 bridgehead atoms. The molecular weight excluding hydrogens is 603 g/mol. The first-order valence-electron chi connectivity index (χ1n) is 17.6. The topological polar surface area (TPSA) is 12.4 Å². The highest BCUT2D eigenvalue weighted by Gasteiger charge is 2.24. The molecule has 0 heterocycles. The largest absolute Gasteiger partial charge is 0.292 e. The third-order valence-corrected chi connectivity index (χ3v) is 10.1. The molecule has 8 rings (SSSR count). The van der Waals surface area contributed by atoms with E-state index in [2.05, 4.69) is 185 Å². The standard InChI is InChI=1S/C49H41N/c1-49(2,3)44-22-24-46-45-23-21-39(27-43(45)31-48(50-4)47(46)32-44)37-19-11-17-35(25-37)36-18-12-20-38(26-36)42-29-40(33-13-7-5-8-14-33)28-41(30-42)34-15-9-6-10-16-34/h5-30,32H,31H2,1-4H3. The van der Waals surface area contributed by atoms with Crippen LogP contribution in [0.5, 0.6) is 0 Å². The Bertz CT molecular complexity index is 2310. The molecule has 0 aromatic heterocycles. The van der Waals surface area contributed by atoms with Crippen LogP contribution in [0.2, 0.25) is 0 Å². The Kier molecular flexibility index (Phi) is 8.13. The third-order valence-electron chi connectivity index (χ3n) is 10.1. The quantitative estimate of drug-likeness (QED) is 0.177. The van der Waals surface area contributed by atoms with Gasteiger partial charge in [0.15, 0.2) is 0 Å². The lowest BCUT2D eigenvalue weighted by Crippen LogP contribution is -2.17. The molecule has 1 nitrogen and oxygen atoms in total. The van der Waals surface area contributed by atoms with E-state index in [9.17, 15) is 0 Å². The molecule has 0 saturated heterocycles. The summed E-state index contributed by atoms with van der Waals surface area (Å²) in [5.41, 5.74) is 20.0. The van der Waals surface area contributed by atoms with Crippen molar-refractivity contribution in [3.63, 3.8) is 0 Å². The first kappa shape index (κ1) is 31.5. The average Bonchev–Trinajstić information content (AvgIpc) is 3.17. The summed E-state index contributed by atoms with van der Waals surface area (Å²) in [6, 6.07) is 60.1. The summed E-state index contributed by atoms with van der Waals surface area (Å²) >= 11 is 0. The van der Waals surface area contributed by atoms with Gasteiger partial charge in [-0.15, -0.1) is 0 Å². The highest BCUT2D eigenvalue weighted by atomic mass is 14.7. The van der Waals surface area contributed by atoms with Gasteiger partial charge in [-0.2, -0.15) is 0 Å². The zero-order valence-corrected chi connectivity index (χ0v) is 29.2. The van der Waals surface area contributed by atoms with Crippen LogP contribution in [0.25, 0.3) is 66.8 Å². The second-order valence-electron chi connectivity index (χ2n) is 14.4. The van der Waals surface area contributed by atoms with Crippen molar-refractivity contribution in [3.8, 4) is 66.8 Å². The zero-order valence-electron chi connectivity index (χ0n) is 29.2. The molecule has 0 radical (unpaired) electrons. The number of benzene rings is 7. The molecule has 1 aliphatic rings. The fourth-order valence-electron chi connectivity index (χ4n) is 7.29. The average molecular weight is 644 g/mol. The second-order valence-corrected chi connectivity index (χ2v) is 14.4. The maximum absolute atomic E-state index is 4.76. The van der Waals surface area contributed by atoms with Crippen molar-refractivity contribution < 1.29 is 0 Å². The Morgan fingerprint density at radius 3 is 1.34 bits per heavy atom. The molecule has 0 aliphatic heterocycles. The minimum atomic E-state index is 0.0971. The van der Waals surface area contributed by atoms with Gasteiger partial charge in [-0.05, 0) is 120 Å². The van der Waals surface area contributed by atoms with Crippen molar-refractivity contribution in [2.24, 2.45) is 4.99 Å². The van der Waals surface area contributed by atoms with Gasteiger partial charge in [0, 0.05) is 24.7 Å². The molecule has 0 amide bonds. The molecular formula is C49H41N. The molecule has 50 heavy (non-hydrogen) atoms. The number of hydrogen-bond donors (Lipinski definition) is 0. The first-order valence-corrected chi connectivity index (χ1v) is 17.6. The molecule has 0 saturated carbocycles. The van der Waals surface area contributed by atoms with Crippen molar-refractivity contribution in [1.82, 2.24) is 0 Å². The molecule has 0 fully saturated rings. The molecule has 0 spiro atoms. The molecule has 0 N–H and O–H groups in total. The van der Waals surface area contributed by atoms with Gasteiger partial charge in [-0.1, -0.05) is 148 Å². The summed E-state index contributed by atoms with van der Waals surface area (Å²) in [6.45, 7) is 6.82. The Morgan fingerprint density at radius 1 is 0.380 bits per heavy atom. The van der Waals surface area contributed by atoms with Gasteiger partial charge in [0.25, 0.3) is 0 Å². The van der Waals surface area contributed by atoms with Gasteiger partial charge >= 0.3 is 0 Å². The van der Waals surface area contributed by atoms with Crippen molar-refractivity contribution in [2.75, 3.05) is 7.05 Å². The summed E-state index contributed by atoms with van der Waals surface area (Å²) in [4.78, 5) is 4.76. The lowest BCUT2D eigenvalue weighted by molar-refractivity contribution is 0.590. The van der Waals surface area contributed by atoms with Gasteiger partial charge in [0.2, 0.25) is 0 Å². The predicted molar refractivity (Wildman–Crippen MR) is 214 cm³/mol. The van der Waals surface area contributed by atoms with Gasteiger partial charge in [-0.25, -0.2) is 0 Å². The van der Waals surface area contributed by atoms with Crippen LogP contribution >= 0.6 is 0 Å². The zero-order chi connectivity index (χ0) is 34.2. The SMILES string of the molecule is CN=C1Cc2cc(-c3cccc(-c4cccc(-c5cc(-c6ccccc6)cc(-c6ccccc6)c5)c4)c3)ccc2-c2ccc(C(C)(C)C)cc21. The van der Waals surface area contributed by atoms with E-state index in [-0.39, 0.29) is 5.41 Å². The van der Waals surface area contributed by atoms with Gasteiger partial charge < -0.3 is 0 Å². The van der Waals surface area contributed by atoms with E-state index in [0.717, 1.165) is 12.1 Å². The second kappa shape index (κ2) is 12.9. The normalized spacial score (nSPS) is 13.2.